The van der Waals surface area contributed by atoms with Gasteiger partial charge >= 0.3 is 0 Å². The summed E-state index contributed by atoms with van der Waals surface area (Å²) in [6.45, 7) is 7.38. The number of rotatable bonds is 6. The van der Waals surface area contributed by atoms with Crippen molar-refractivity contribution in [3.05, 3.63) is 38.3 Å². The Kier molecular flexibility index (Phi) is 5.24. The molecule has 5 heteroatoms. The average molecular weight is 312 g/mol. The van der Waals surface area contributed by atoms with Crippen molar-refractivity contribution in [2.45, 2.75) is 39.7 Å². The summed E-state index contributed by atoms with van der Waals surface area (Å²) in [6, 6.07) is 2.24. The van der Waals surface area contributed by atoms with E-state index in [9.17, 15) is 0 Å². The summed E-state index contributed by atoms with van der Waals surface area (Å²) < 4.78 is 1.96. The first-order valence-electron chi connectivity index (χ1n) is 7.00. The molecule has 0 spiro atoms. The Labute approximate surface area is 130 Å². The summed E-state index contributed by atoms with van der Waals surface area (Å²) in [6.07, 6.45) is 2.05. The van der Waals surface area contributed by atoms with Gasteiger partial charge in [0.2, 0.25) is 0 Å². The smallest absolute Gasteiger partial charge is 0.0629 e. The van der Waals surface area contributed by atoms with Gasteiger partial charge in [0, 0.05) is 23.7 Å². The number of hydrogen-bond acceptors (Lipinski definition) is 3. The molecular weight excluding hydrogens is 290 g/mol. The van der Waals surface area contributed by atoms with E-state index in [-0.39, 0.29) is 6.04 Å². The van der Waals surface area contributed by atoms with E-state index < -0.39 is 0 Å². The maximum absolute atomic E-state index is 6.31. The highest BCUT2D eigenvalue weighted by atomic mass is 35.5. The van der Waals surface area contributed by atoms with Crippen molar-refractivity contribution in [3.63, 3.8) is 0 Å². The third-order valence-electron chi connectivity index (χ3n) is 3.67. The minimum atomic E-state index is 0.268. The number of halogens is 1. The van der Waals surface area contributed by atoms with Gasteiger partial charge < -0.3 is 5.32 Å². The third-order valence-corrected chi connectivity index (χ3v) is 5.14. The van der Waals surface area contributed by atoms with Gasteiger partial charge in [-0.05, 0) is 50.2 Å². The lowest BCUT2D eigenvalue weighted by Gasteiger charge is -2.18. The quantitative estimate of drug-likeness (QED) is 0.872. The average Bonchev–Trinajstić information content (AvgIpc) is 2.93. The van der Waals surface area contributed by atoms with Crippen LogP contribution in [0.2, 0.25) is 5.02 Å². The molecule has 0 saturated carbocycles. The van der Waals surface area contributed by atoms with Gasteiger partial charge in [-0.25, -0.2) is 0 Å². The SMILES string of the molecule is CCCNC(Cc1c(C)nn(C)c1C)c1sccc1Cl. The summed E-state index contributed by atoms with van der Waals surface area (Å²) in [7, 11) is 2.00. The molecule has 1 N–H and O–H groups in total. The Balaban J connectivity index is 2.26. The number of nitrogens with one attached hydrogen (secondary N) is 1. The minimum absolute atomic E-state index is 0.268. The van der Waals surface area contributed by atoms with E-state index in [4.69, 9.17) is 11.6 Å². The van der Waals surface area contributed by atoms with E-state index in [0.717, 1.165) is 30.1 Å². The van der Waals surface area contributed by atoms with Crippen LogP contribution in [-0.2, 0) is 13.5 Å². The van der Waals surface area contributed by atoms with Gasteiger partial charge in [-0.2, -0.15) is 5.10 Å². The highest BCUT2D eigenvalue weighted by molar-refractivity contribution is 7.10. The highest BCUT2D eigenvalue weighted by Crippen LogP contribution is 2.32. The Morgan fingerprint density at radius 1 is 1.45 bits per heavy atom. The Morgan fingerprint density at radius 3 is 2.70 bits per heavy atom. The van der Waals surface area contributed by atoms with Gasteiger partial charge in [-0.1, -0.05) is 18.5 Å². The molecule has 20 heavy (non-hydrogen) atoms. The van der Waals surface area contributed by atoms with E-state index in [0.29, 0.717) is 0 Å². The van der Waals surface area contributed by atoms with Crippen LogP contribution < -0.4 is 5.32 Å². The minimum Gasteiger partial charge on any atom is -0.309 e. The van der Waals surface area contributed by atoms with Crippen LogP contribution in [0.15, 0.2) is 11.4 Å². The van der Waals surface area contributed by atoms with Crippen molar-refractivity contribution in [2.24, 2.45) is 7.05 Å². The molecule has 110 valence electrons. The maximum atomic E-state index is 6.31. The van der Waals surface area contributed by atoms with Crippen molar-refractivity contribution in [1.29, 1.82) is 0 Å². The molecule has 1 unspecified atom stereocenters. The predicted molar refractivity (Wildman–Crippen MR) is 86.7 cm³/mol. The van der Waals surface area contributed by atoms with E-state index in [1.807, 2.05) is 17.8 Å². The summed E-state index contributed by atoms with van der Waals surface area (Å²) in [4.78, 5) is 1.22. The third kappa shape index (κ3) is 3.25. The number of hydrogen-bond donors (Lipinski definition) is 1. The highest BCUT2D eigenvalue weighted by Gasteiger charge is 2.20. The van der Waals surface area contributed by atoms with Crippen LogP contribution in [0.1, 0.15) is 41.2 Å². The topological polar surface area (TPSA) is 29.9 Å². The van der Waals surface area contributed by atoms with Crippen LogP contribution in [0.25, 0.3) is 0 Å². The molecule has 1 atom stereocenters. The Bertz CT molecular complexity index is 574. The van der Waals surface area contributed by atoms with Crippen LogP contribution in [0.5, 0.6) is 0 Å². The fraction of sp³-hybridized carbons (Fsp3) is 0.533. The largest absolute Gasteiger partial charge is 0.309 e. The lowest BCUT2D eigenvalue weighted by molar-refractivity contribution is 0.534. The van der Waals surface area contributed by atoms with Crippen LogP contribution >= 0.6 is 22.9 Å². The first-order valence-corrected chi connectivity index (χ1v) is 8.25. The lowest BCUT2D eigenvalue weighted by Crippen LogP contribution is -2.24. The second-order valence-corrected chi connectivity index (χ2v) is 6.47. The zero-order valence-electron chi connectivity index (χ0n) is 12.5. The summed E-state index contributed by atoms with van der Waals surface area (Å²) >= 11 is 8.04. The van der Waals surface area contributed by atoms with E-state index >= 15 is 0 Å². The molecule has 0 saturated heterocycles. The molecule has 0 radical (unpaired) electrons. The first-order chi connectivity index (χ1) is 9.54. The second kappa shape index (κ2) is 6.74. The van der Waals surface area contributed by atoms with Crippen molar-refractivity contribution in [3.8, 4) is 0 Å². The van der Waals surface area contributed by atoms with E-state index in [1.54, 1.807) is 11.3 Å². The standard InChI is InChI=1S/C15H22ClN3S/c1-5-7-17-14(15-13(16)6-8-20-15)9-12-10(2)18-19(4)11(12)3/h6,8,14,17H,5,7,9H2,1-4H3. The van der Waals surface area contributed by atoms with Gasteiger partial charge in [-0.15, -0.1) is 11.3 Å². The molecule has 2 heterocycles. The number of nitrogens with zero attached hydrogens (tertiary/aromatic N) is 2. The fourth-order valence-electron chi connectivity index (χ4n) is 2.45. The number of aromatic nitrogens is 2. The van der Waals surface area contributed by atoms with Crippen molar-refractivity contribution >= 4 is 22.9 Å². The van der Waals surface area contributed by atoms with E-state index in [2.05, 4.69) is 36.6 Å². The molecule has 2 rings (SSSR count). The van der Waals surface area contributed by atoms with Crippen LogP contribution in [0.4, 0.5) is 0 Å². The number of aryl methyl sites for hydroxylation is 2. The summed E-state index contributed by atoms with van der Waals surface area (Å²) in [5.74, 6) is 0. The molecule has 0 amide bonds. The normalized spacial score (nSPS) is 12.8. The molecule has 0 fully saturated rings. The molecule has 3 nitrogen and oxygen atoms in total. The second-order valence-electron chi connectivity index (χ2n) is 5.12. The van der Waals surface area contributed by atoms with Gasteiger partial charge in [0.1, 0.15) is 0 Å². The van der Waals surface area contributed by atoms with Gasteiger partial charge in [0.05, 0.1) is 10.7 Å². The molecule has 0 aliphatic rings. The summed E-state index contributed by atoms with van der Waals surface area (Å²) in [5, 5.41) is 11.0. The van der Waals surface area contributed by atoms with Gasteiger partial charge in [-0.3, -0.25) is 4.68 Å². The van der Waals surface area contributed by atoms with Crippen LogP contribution in [-0.4, -0.2) is 16.3 Å². The monoisotopic (exact) mass is 311 g/mol. The van der Waals surface area contributed by atoms with Gasteiger partial charge in [0.15, 0.2) is 0 Å². The van der Waals surface area contributed by atoms with E-state index in [1.165, 1.54) is 16.1 Å². The molecular formula is C15H22ClN3S. The Hall–Kier alpha value is -0.840. The van der Waals surface area contributed by atoms with Crippen molar-refractivity contribution < 1.29 is 0 Å². The number of thiophene rings is 1. The summed E-state index contributed by atoms with van der Waals surface area (Å²) in [5.41, 5.74) is 3.67. The molecule has 0 aliphatic carbocycles. The molecule has 2 aromatic heterocycles. The lowest BCUT2D eigenvalue weighted by atomic mass is 10.0. The van der Waals surface area contributed by atoms with Crippen LogP contribution in [0, 0.1) is 13.8 Å². The maximum Gasteiger partial charge on any atom is 0.0629 e. The zero-order valence-corrected chi connectivity index (χ0v) is 14.1. The molecule has 0 bridgehead atoms. The van der Waals surface area contributed by atoms with Crippen LogP contribution in [0.3, 0.4) is 0 Å². The predicted octanol–water partition coefficient (Wildman–Crippen LogP) is 4.04. The fourth-order valence-corrected chi connectivity index (χ4v) is 3.71. The molecule has 2 aromatic rings. The molecule has 0 aromatic carbocycles. The van der Waals surface area contributed by atoms with Gasteiger partial charge in [0.25, 0.3) is 0 Å². The Morgan fingerprint density at radius 2 is 2.20 bits per heavy atom. The van der Waals surface area contributed by atoms with Crippen molar-refractivity contribution in [1.82, 2.24) is 15.1 Å². The van der Waals surface area contributed by atoms with Crippen molar-refractivity contribution in [2.75, 3.05) is 6.54 Å². The first kappa shape index (κ1) is 15.5. The zero-order chi connectivity index (χ0) is 14.7. The molecule has 0 aliphatic heterocycles.